The number of carbonyl (C=O) groups excluding carboxylic acids is 2. The van der Waals surface area contributed by atoms with E-state index >= 15 is 0 Å². The molecule has 1 aromatic heterocycles. The molecule has 215 valence electrons. The number of benzene rings is 1. The van der Waals surface area contributed by atoms with Crippen LogP contribution < -0.4 is 5.32 Å². The fourth-order valence-electron chi connectivity index (χ4n) is 3.37. The number of hydrogen-bond donors (Lipinski definition) is 1. The first-order valence-electron chi connectivity index (χ1n) is 13.0. The summed E-state index contributed by atoms with van der Waals surface area (Å²) in [6.45, 7) is 13.8. The molecular weight excluding hydrogens is 584 g/mol. The Morgan fingerprint density at radius 3 is 2.28 bits per heavy atom. The predicted molar refractivity (Wildman–Crippen MR) is 145 cm³/mol. The van der Waals surface area contributed by atoms with Crippen molar-refractivity contribution in [2.45, 2.75) is 86.1 Å². The predicted octanol–water partition coefficient (Wildman–Crippen LogP) is 6.90. The Labute approximate surface area is 256 Å². The molecule has 1 aromatic carbocycles. The minimum atomic E-state index is -4.81. The van der Waals surface area contributed by atoms with Crippen molar-refractivity contribution in [3.05, 3.63) is 47.5 Å². The van der Waals surface area contributed by atoms with Gasteiger partial charge in [0.2, 0.25) is 11.8 Å². The molecule has 1 N–H and O–H groups in total. The van der Waals surface area contributed by atoms with Crippen molar-refractivity contribution in [2.24, 2.45) is 5.92 Å². The number of likely N-dealkylation sites (tertiary alicyclic amines) is 1. The number of carbonyl (C=O) groups is 2. The fourth-order valence-corrected chi connectivity index (χ4v) is 3.37. The van der Waals surface area contributed by atoms with Gasteiger partial charge in [0.05, 0.1) is 6.07 Å². The zero-order chi connectivity index (χ0) is 29.3. The van der Waals surface area contributed by atoms with Gasteiger partial charge in [-0.1, -0.05) is 85.7 Å². The van der Waals surface area contributed by atoms with Crippen LogP contribution in [0.3, 0.4) is 0 Å². The van der Waals surface area contributed by atoms with Gasteiger partial charge in [0.15, 0.2) is 0 Å². The average molecular weight is 626 g/mol. The summed E-state index contributed by atoms with van der Waals surface area (Å²) < 4.78 is 36.7. The zero-order valence-electron chi connectivity index (χ0n) is 24.0. The number of alkyl halides is 3. The maximum atomic E-state index is 12.7. The minimum absolute atomic E-state index is 0. The number of rotatable bonds is 5. The molecule has 1 aliphatic heterocycles. The molecule has 1 aliphatic rings. The van der Waals surface area contributed by atoms with Crippen molar-refractivity contribution in [2.75, 3.05) is 13.1 Å². The van der Waals surface area contributed by atoms with Crippen LogP contribution in [-0.4, -0.2) is 47.1 Å². The van der Waals surface area contributed by atoms with E-state index in [0.29, 0.717) is 18.4 Å². The number of aromatic nitrogens is 1. The normalized spacial score (nSPS) is 14.7. The van der Waals surface area contributed by atoms with Gasteiger partial charge in [0.1, 0.15) is 12.1 Å². The van der Waals surface area contributed by atoms with E-state index < -0.39 is 36.7 Å². The number of fused-ring (bicyclic) bond motifs is 1. The maximum Gasteiger partial charge on any atom is 0.312 e. The fraction of sp³-hybridized carbons (Fsp3) is 0.571. The van der Waals surface area contributed by atoms with Crippen molar-refractivity contribution in [1.29, 1.82) is 5.26 Å². The standard InChI is InChI=1S/C19H17F3N5O2.C4H10.C3H8.C2H6.Y/c20-19(21,22)25-11-17(28)27-7-3-6-16(27)18(29)26-15(8-23)14-10-24-9-12-4-1-2-5-13(12)14;1-4(2)3;1-3-2;1-2;/h1-2,4-5,9-10,15-16H,3,6-7,11H2,(H,26,29);4H,1-3H3;3H2,1-2H3;1-2H3;/q-1;;;;. The van der Waals surface area contributed by atoms with Gasteiger partial charge in [0, 0.05) is 62.6 Å². The van der Waals surface area contributed by atoms with Gasteiger partial charge in [-0.15, -0.1) is 0 Å². The molecule has 2 aromatic rings. The van der Waals surface area contributed by atoms with Gasteiger partial charge >= 0.3 is 6.30 Å². The van der Waals surface area contributed by atoms with Crippen LogP contribution in [0.1, 0.15) is 79.3 Å². The molecule has 0 spiro atoms. The van der Waals surface area contributed by atoms with E-state index in [1.54, 1.807) is 18.3 Å². The van der Waals surface area contributed by atoms with Crippen LogP contribution in [0.4, 0.5) is 13.2 Å². The van der Waals surface area contributed by atoms with E-state index in [2.05, 4.69) is 50.2 Å². The summed E-state index contributed by atoms with van der Waals surface area (Å²) in [4.78, 5) is 30.0. The molecule has 0 bridgehead atoms. The van der Waals surface area contributed by atoms with Crippen LogP contribution in [0.25, 0.3) is 16.1 Å². The molecule has 2 amide bonds. The molecule has 3 rings (SSSR count). The summed E-state index contributed by atoms with van der Waals surface area (Å²) in [6, 6.07) is 7.29. The third-order valence-electron chi connectivity index (χ3n) is 4.70. The van der Waals surface area contributed by atoms with Gasteiger partial charge in [0.25, 0.3) is 0 Å². The largest absolute Gasteiger partial charge is 0.562 e. The van der Waals surface area contributed by atoms with Gasteiger partial charge in [-0.05, 0) is 24.1 Å². The van der Waals surface area contributed by atoms with E-state index in [1.165, 1.54) is 12.6 Å². The first-order valence-corrected chi connectivity index (χ1v) is 13.0. The first kappa shape index (κ1) is 39.1. The number of hydrogen-bond acceptors (Lipinski definition) is 4. The van der Waals surface area contributed by atoms with Crippen molar-refractivity contribution >= 4 is 22.6 Å². The molecule has 39 heavy (non-hydrogen) atoms. The second-order valence-corrected chi connectivity index (χ2v) is 8.99. The Kier molecular flexibility index (Phi) is 20.8. The van der Waals surface area contributed by atoms with Crippen molar-refractivity contribution in [3.8, 4) is 6.07 Å². The van der Waals surface area contributed by atoms with E-state index in [0.717, 1.165) is 21.6 Å². The van der Waals surface area contributed by atoms with Crippen molar-refractivity contribution in [1.82, 2.24) is 15.2 Å². The Balaban J connectivity index is 0. The van der Waals surface area contributed by atoms with Crippen LogP contribution in [0, 0.1) is 17.2 Å². The Hall–Kier alpha value is -2.09. The molecule has 2 heterocycles. The molecule has 7 nitrogen and oxygen atoms in total. The summed E-state index contributed by atoms with van der Waals surface area (Å²) in [7, 11) is 0. The molecule has 0 aliphatic carbocycles. The number of pyridine rings is 1. The third kappa shape index (κ3) is 14.8. The SMILES string of the molecule is CC.CC(C)C.CCC.N#CC(NC(=O)C1CCCN1C(=O)C[N-]C(F)(F)F)c1cncc2ccccc12.[Y]. The average Bonchev–Trinajstić information content (AvgIpc) is 3.37. The zero-order valence-corrected chi connectivity index (χ0v) is 26.9. The first-order chi connectivity index (χ1) is 17.9. The summed E-state index contributed by atoms with van der Waals surface area (Å²) >= 11 is 0. The van der Waals surface area contributed by atoms with Crippen LogP contribution in [0.2, 0.25) is 0 Å². The van der Waals surface area contributed by atoms with Crippen LogP contribution >= 0.6 is 0 Å². The van der Waals surface area contributed by atoms with Crippen LogP contribution in [-0.2, 0) is 42.3 Å². The third-order valence-corrected chi connectivity index (χ3v) is 4.70. The molecule has 1 radical (unpaired) electrons. The second kappa shape index (κ2) is 20.8. The van der Waals surface area contributed by atoms with Gasteiger partial charge in [-0.2, -0.15) is 18.4 Å². The smallest absolute Gasteiger partial charge is 0.312 e. The maximum absolute atomic E-state index is 12.7. The molecule has 2 atom stereocenters. The summed E-state index contributed by atoms with van der Waals surface area (Å²) in [5, 5.41) is 16.1. The van der Waals surface area contributed by atoms with Gasteiger partial charge in [-0.3, -0.25) is 14.6 Å². The molecular formula is C28H41F3N5O2Y-. The van der Waals surface area contributed by atoms with Crippen LogP contribution in [0.5, 0.6) is 0 Å². The Morgan fingerprint density at radius 2 is 1.74 bits per heavy atom. The molecule has 2 unspecified atom stereocenters. The van der Waals surface area contributed by atoms with E-state index in [1.807, 2.05) is 32.0 Å². The van der Waals surface area contributed by atoms with Crippen molar-refractivity contribution in [3.63, 3.8) is 0 Å². The Bertz CT molecular complexity index is 1020. The van der Waals surface area contributed by atoms with E-state index in [-0.39, 0.29) is 39.3 Å². The number of nitriles is 1. The van der Waals surface area contributed by atoms with Gasteiger partial charge < -0.3 is 15.5 Å². The number of nitrogens with one attached hydrogen (secondary N) is 1. The summed E-state index contributed by atoms with van der Waals surface area (Å²) in [5.41, 5.74) is 0.502. The van der Waals surface area contributed by atoms with Crippen LogP contribution in [0.15, 0.2) is 36.7 Å². The van der Waals surface area contributed by atoms with Gasteiger partial charge in [-0.25, -0.2) is 0 Å². The molecule has 1 fully saturated rings. The molecule has 1 saturated heterocycles. The topological polar surface area (TPSA) is 100 Å². The molecule has 11 heteroatoms. The van der Waals surface area contributed by atoms with Crippen molar-refractivity contribution < 1.29 is 55.5 Å². The second-order valence-electron chi connectivity index (χ2n) is 8.99. The van der Waals surface area contributed by atoms with E-state index in [9.17, 15) is 28.0 Å². The Morgan fingerprint density at radius 1 is 1.18 bits per heavy atom. The monoisotopic (exact) mass is 625 g/mol. The van der Waals surface area contributed by atoms with E-state index in [4.69, 9.17) is 0 Å². The number of halogens is 3. The quantitative estimate of drug-likeness (QED) is 0.366. The molecule has 0 saturated carbocycles. The summed E-state index contributed by atoms with van der Waals surface area (Å²) in [5.74, 6) is -0.636. The minimum Gasteiger partial charge on any atom is -0.562 e. The summed E-state index contributed by atoms with van der Waals surface area (Å²) in [6.07, 6.45) is 0.339. The number of nitrogens with zero attached hydrogens (tertiary/aromatic N) is 4. The number of amides is 2.